The highest BCUT2D eigenvalue weighted by Gasteiger charge is 2.18. The maximum atomic E-state index is 13.8. The van der Waals surface area contributed by atoms with E-state index >= 15 is 0 Å². The summed E-state index contributed by atoms with van der Waals surface area (Å²) in [7, 11) is 1.93. The standard InChI is InChI=1S/C23H16BrF2N3O/c1-29-19(12-16(22(29)24)14-6-3-2-4-7-14)15-10-11-20(27-13-15)28-23(30)21-17(25)8-5-9-18(21)26/h2-13H,1H3,(H,27,28,30). The van der Waals surface area contributed by atoms with Gasteiger partial charge in [0, 0.05) is 24.4 Å². The first-order valence-corrected chi connectivity index (χ1v) is 9.87. The largest absolute Gasteiger partial charge is 0.338 e. The van der Waals surface area contributed by atoms with E-state index in [0.29, 0.717) is 0 Å². The molecule has 30 heavy (non-hydrogen) atoms. The molecule has 0 aliphatic rings. The molecule has 0 aliphatic carbocycles. The first kappa shape index (κ1) is 20.0. The molecule has 4 rings (SSSR count). The Morgan fingerprint density at radius 1 is 0.967 bits per heavy atom. The van der Waals surface area contributed by atoms with Crippen molar-refractivity contribution in [1.29, 1.82) is 0 Å². The summed E-state index contributed by atoms with van der Waals surface area (Å²) >= 11 is 3.64. The molecular weight excluding hydrogens is 452 g/mol. The van der Waals surface area contributed by atoms with Crippen LogP contribution in [0.5, 0.6) is 0 Å². The number of carbonyl (C=O) groups is 1. The first-order valence-electron chi connectivity index (χ1n) is 9.08. The van der Waals surface area contributed by atoms with Crippen LogP contribution in [0.1, 0.15) is 10.4 Å². The minimum absolute atomic E-state index is 0.197. The van der Waals surface area contributed by atoms with Crippen molar-refractivity contribution >= 4 is 27.7 Å². The number of aromatic nitrogens is 2. The molecule has 0 aliphatic heterocycles. The van der Waals surface area contributed by atoms with Gasteiger partial charge >= 0.3 is 0 Å². The smallest absolute Gasteiger partial charge is 0.262 e. The summed E-state index contributed by atoms with van der Waals surface area (Å²) in [5, 5.41) is 2.43. The van der Waals surface area contributed by atoms with Crippen LogP contribution >= 0.6 is 15.9 Å². The SMILES string of the molecule is Cn1c(-c2ccc(NC(=O)c3c(F)cccc3F)nc2)cc(-c2ccccc2)c1Br. The number of hydrogen-bond donors (Lipinski definition) is 1. The van der Waals surface area contributed by atoms with Crippen LogP contribution in [-0.4, -0.2) is 15.5 Å². The zero-order valence-electron chi connectivity index (χ0n) is 15.9. The Morgan fingerprint density at radius 3 is 2.30 bits per heavy atom. The van der Waals surface area contributed by atoms with Crippen LogP contribution in [0.4, 0.5) is 14.6 Å². The van der Waals surface area contributed by atoms with E-state index in [4.69, 9.17) is 0 Å². The van der Waals surface area contributed by atoms with Crippen LogP contribution in [0.2, 0.25) is 0 Å². The van der Waals surface area contributed by atoms with Crippen molar-refractivity contribution in [1.82, 2.24) is 9.55 Å². The van der Waals surface area contributed by atoms with Gasteiger partial charge in [0.05, 0.1) is 10.3 Å². The zero-order valence-corrected chi connectivity index (χ0v) is 17.5. The molecule has 4 aromatic rings. The Kier molecular flexibility index (Phi) is 5.46. The molecule has 0 unspecified atom stereocenters. The van der Waals surface area contributed by atoms with Gasteiger partial charge in [0.2, 0.25) is 0 Å². The normalized spacial score (nSPS) is 10.8. The lowest BCUT2D eigenvalue weighted by Crippen LogP contribution is -2.16. The number of halogens is 3. The van der Waals surface area contributed by atoms with Gasteiger partial charge in [-0.3, -0.25) is 4.79 Å². The van der Waals surface area contributed by atoms with Gasteiger partial charge in [-0.15, -0.1) is 0 Å². The average Bonchev–Trinajstić information content (AvgIpc) is 3.04. The lowest BCUT2D eigenvalue weighted by molar-refractivity contribution is 0.101. The van der Waals surface area contributed by atoms with E-state index in [1.165, 1.54) is 6.07 Å². The van der Waals surface area contributed by atoms with E-state index in [0.717, 1.165) is 39.1 Å². The van der Waals surface area contributed by atoms with Crippen LogP contribution < -0.4 is 5.32 Å². The van der Waals surface area contributed by atoms with Gasteiger partial charge in [-0.1, -0.05) is 36.4 Å². The van der Waals surface area contributed by atoms with Crippen LogP contribution in [0.3, 0.4) is 0 Å². The van der Waals surface area contributed by atoms with Gasteiger partial charge in [0.1, 0.15) is 23.0 Å². The molecule has 0 fully saturated rings. The van der Waals surface area contributed by atoms with E-state index < -0.39 is 23.1 Å². The highest BCUT2D eigenvalue weighted by molar-refractivity contribution is 9.10. The summed E-state index contributed by atoms with van der Waals surface area (Å²) in [6.07, 6.45) is 1.60. The Labute approximate surface area is 180 Å². The predicted molar refractivity (Wildman–Crippen MR) is 116 cm³/mol. The highest BCUT2D eigenvalue weighted by Crippen LogP contribution is 2.35. The van der Waals surface area contributed by atoms with E-state index in [-0.39, 0.29) is 5.82 Å². The lowest BCUT2D eigenvalue weighted by atomic mass is 10.1. The van der Waals surface area contributed by atoms with Gasteiger partial charge < -0.3 is 9.88 Å². The summed E-state index contributed by atoms with van der Waals surface area (Å²) in [5.74, 6) is -2.54. The minimum Gasteiger partial charge on any atom is -0.338 e. The Balaban J connectivity index is 1.60. The quantitative estimate of drug-likeness (QED) is 0.397. The molecule has 0 spiro atoms. The highest BCUT2D eigenvalue weighted by atomic mass is 79.9. The van der Waals surface area contributed by atoms with Gasteiger partial charge in [0.15, 0.2) is 0 Å². The summed E-state index contributed by atoms with van der Waals surface area (Å²) in [6, 6.07) is 18.7. The number of nitrogens with one attached hydrogen (secondary N) is 1. The van der Waals surface area contributed by atoms with Crippen molar-refractivity contribution in [3.8, 4) is 22.4 Å². The summed E-state index contributed by atoms with van der Waals surface area (Å²) in [4.78, 5) is 16.5. The second-order valence-electron chi connectivity index (χ2n) is 6.64. The second kappa shape index (κ2) is 8.20. The third-order valence-electron chi connectivity index (χ3n) is 4.73. The van der Waals surface area contributed by atoms with Crippen LogP contribution in [-0.2, 0) is 7.05 Å². The van der Waals surface area contributed by atoms with Crippen LogP contribution in [0.15, 0.2) is 77.5 Å². The third kappa shape index (κ3) is 3.76. The number of anilines is 1. The Morgan fingerprint density at radius 2 is 1.67 bits per heavy atom. The molecule has 0 saturated carbocycles. The van der Waals surface area contributed by atoms with Crippen molar-refractivity contribution in [2.45, 2.75) is 0 Å². The number of carbonyl (C=O) groups excluding carboxylic acids is 1. The summed E-state index contributed by atoms with van der Waals surface area (Å²) in [5.41, 5.74) is 3.24. The zero-order chi connectivity index (χ0) is 21.3. The Hall–Kier alpha value is -3.32. The lowest BCUT2D eigenvalue weighted by Gasteiger charge is -2.08. The molecule has 7 heteroatoms. The molecule has 2 aromatic carbocycles. The molecule has 1 N–H and O–H groups in total. The van der Waals surface area contributed by atoms with Crippen LogP contribution in [0.25, 0.3) is 22.4 Å². The fourth-order valence-electron chi connectivity index (χ4n) is 3.19. The number of amides is 1. The maximum Gasteiger partial charge on any atom is 0.262 e. The predicted octanol–water partition coefficient (Wildman–Crippen LogP) is 6.05. The molecule has 150 valence electrons. The topological polar surface area (TPSA) is 46.9 Å². The number of hydrogen-bond acceptors (Lipinski definition) is 2. The van der Waals surface area contributed by atoms with Gasteiger partial charge in [-0.05, 0) is 51.8 Å². The van der Waals surface area contributed by atoms with Gasteiger partial charge in [-0.2, -0.15) is 0 Å². The molecule has 0 radical (unpaired) electrons. The summed E-state index contributed by atoms with van der Waals surface area (Å²) in [6.45, 7) is 0. The monoisotopic (exact) mass is 467 g/mol. The molecule has 0 bridgehead atoms. The van der Waals surface area contributed by atoms with Gasteiger partial charge in [0.25, 0.3) is 5.91 Å². The van der Waals surface area contributed by atoms with E-state index in [9.17, 15) is 13.6 Å². The third-order valence-corrected chi connectivity index (χ3v) is 5.69. The second-order valence-corrected chi connectivity index (χ2v) is 7.39. The van der Waals surface area contributed by atoms with E-state index in [1.54, 1.807) is 18.3 Å². The van der Waals surface area contributed by atoms with Crippen molar-refractivity contribution in [3.63, 3.8) is 0 Å². The maximum absolute atomic E-state index is 13.8. The Bertz CT molecular complexity index is 1200. The molecule has 2 aromatic heterocycles. The van der Waals surface area contributed by atoms with Crippen molar-refractivity contribution in [2.75, 3.05) is 5.32 Å². The molecule has 0 atom stereocenters. The van der Waals surface area contributed by atoms with Crippen molar-refractivity contribution in [3.05, 3.63) is 94.7 Å². The molecule has 0 saturated heterocycles. The first-order chi connectivity index (χ1) is 14.5. The fraction of sp³-hybridized carbons (Fsp3) is 0.0435. The fourth-order valence-corrected chi connectivity index (χ4v) is 3.72. The number of rotatable bonds is 4. The molecule has 4 nitrogen and oxygen atoms in total. The molecule has 2 heterocycles. The molecular formula is C23H16BrF2N3O. The number of nitrogens with zero attached hydrogens (tertiary/aromatic N) is 2. The van der Waals surface area contributed by atoms with E-state index in [2.05, 4.69) is 26.2 Å². The van der Waals surface area contributed by atoms with Crippen molar-refractivity contribution < 1.29 is 13.6 Å². The van der Waals surface area contributed by atoms with Gasteiger partial charge in [-0.25, -0.2) is 13.8 Å². The minimum atomic E-state index is -0.925. The number of pyridine rings is 1. The number of benzene rings is 2. The molecule has 1 amide bonds. The van der Waals surface area contributed by atoms with E-state index in [1.807, 2.05) is 48.0 Å². The van der Waals surface area contributed by atoms with Crippen molar-refractivity contribution in [2.24, 2.45) is 7.05 Å². The summed E-state index contributed by atoms with van der Waals surface area (Å²) < 4.78 is 30.5. The van der Waals surface area contributed by atoms with Crippen LogP contribution in [0, 0.1) is 11.6 Å². The average molecular weight is 468 g/mol.